The Balaban J connectivity index is 1.42. The molecule has 0 aromatic heterocycles. The van der Waals surface area contributed by atoms with Gasteiger partial charge in [-0.05, 0) is 77.6 Å². The Bertz CT molecular complexity index is 1320. The second kappa shape index (κ2) is 13.1. The van der Waals surface area contributed by atoms with Crippen molar-refractivity contribution in [2.24, 2.45) is 0 Å². The minimum atomic E-state index is -0.0727. The maximum Gasteiger partial charge on any atom is 0.134 e. The van der Waals surface area contributed by atoms with E-state index in [-0.39, 0.29) is 5.82 Å². The molecule has 36 heavy (non-hydrogen) atoms. The molecule has 0 spiro atoms. The molecular formula is C35H37F. The van der Waals surface area contributed by atoms with Crippen LogP contribution in [-0.2, 0) is 12.8 Å². The standard InChI is InChI=1S/C35H37F/c1-3-5-7-8-9-11-32-23-24-33-26-29(18-25-34(33)35(32)36)13-12-28-16-21-31(22-17-28)30-19-14-27(15-20-30)10-6-4-2/h14-26H,3-11H2,1-2H3. The topological polar surface area (TPSA) is 0 Å². The molecule has 0 atom stereocenters. The van der Waals surface area contributed by atoms with Crippen LogP contribution in [0.25, 0.3) is 21.9 Å². The van der Waals surface area contributed by atoms with E-state index in [0.29, 0.717) is 5.39 Å². The molecule has 0 saturated heterocycles. The van der Waals surface area contributed by atoms with E-state index >= 15 is 4.39 Å². The highest BCUT2D eigenvalue weighted by atomic mass is 19.1. The Morgan fingerprint density at radius 3 is 1.94 bits per heavy atom. The smallest absolute Gasteiger partial charge is 0.134 e. The third kappa shape index (κ3) is 6.86. The van der Waals surface area contributed by atoms with Crippen LogP contribution in [0.15, 0.2) is 78.9 Å². The molecule has 0 radical (unpaired) electrons. The van der Waals surface area contributed by atoms with Gasteiger partial charge in [-0.25, -0.2) is 4.39 Å². The fourth-order valence-corrected chi connectivity index (χ4v) is 4.66. The maximum absolute atomic E-state index is 15.0. The highest BCUT2D eigenvalue weighted by Crippen LogP contribution is 2.24. The highest BCUT2D eigenvalue weighted by Gasteiger charge is 2.08. The fraction of sp³-hybridized carbons (Fsp3) is 0.314. The summed E-state index contributed by atoms with van der Waals surface area (Å²) < 4.78 is 15.0. The van der Waals surface area contributed by atoms with Crippen molar-refractivity contribution < 1.29 is 4.39 Å². The summed E-state index contributed by atoms with van der Waals surface area (Å²) in [5.41, 5.74) is 6.53. The van der Waals surface area contributed by atoms with E-state index in [1.807, 2.05) is 30.3 Å². The Morgan fingerprint density at radius 1 is 0.583 bits per heavy atom. The van der Waals surface area contributed by atoms with Gasteiger partial charge in [0.15, 0.2) is 0 Å². The second-order valence-corrected chi connectivity index (χ2v) is 9.77. The Kier molecular flexibility index (Phi) is 9.34. The second-order valence-electron chi connectivity index (χ2n) is 9.77. The van der Waals surface area contributed by atoms with Crippen LogP contribution in [0, 0.1) is 17.7 Å². The first-order chi connectivity index (χ1) is 17.7. The van der Waals surface area contributed by atoms with E-state index in [0.717, 1.165) is 41.3 Å². The normalized spacial score (nSPS) is 10.9. The lowest BCUT2D eigenvalue weighted by molar-refractivity contribution is 0.595. The van der Waals surface area contributed by atoms with Gasteiger partial charge in [-0.3, -0.25) is 0 Å². The predicted octanol–water partition coefficient (Wildman–Crippen LogP) is 9.90. The van der Waals surface area contributed by atoms with E-state index in [1.54, 1.807) is 0 Å². The van der Waals surface area contributed by atoms with Crippen molar-refractivity contribution in [2.45, 2.75) is 71.6 Å². The Morgan fingerprint density at radius 2 is 1.22 bits per heavy atom. The molecule has 0 aliphatic carbocycles. The van der Waals surface area contributed by atoms with E-state index in [1.165, 1.54) is 55.2 Å². The summed E-state index contributed by atoms with van der Waals surface area (Å²) in [5, 5.41) is 1.60. The number of fused-ring (bicyclic) bond motifs is 1. The summed E-state index contributed by atoms with van der Waals surface area (Å²) in [6.45, 7) is 4.44. The molecule has 4 aromatic rings. The van der Waals surface area contributed by atoms with Crippen molar-refractivity contribution in [1.82, 2.24) is 0 Å². The SMILES string of the molecule is CCCCCCCc1ccc2cc(C#Cc3ccc(-c4ccc(CCCC)cc4)cc3)ccc2c1F. The number of benzene rings is 4. The van der Waals surface area contributed by atoms with Crippen LogP contribution in [0.2, 0.25) is 0 Å². The molecule has 0 saturated carbocycles. The zero-order valence-electron chi connectivity index (χ0n) is 21.7. The van der Waals surface area contributed by atoms with Gasteiger partial charge in [0.05, 0.1) is 0 Å². The third-order valence-corrected chi connectivity index (χ3v) is 6.93. The van der Waals surface area contributed by atoms with E-state index < -0.39 is 0 Å². The minimum absolute atomic E-state index is 0.0727. The Hall–Kier alpha value is -3.37. The van der Waals surface area contributed by atoms with Gasteiger partial charge in [-0.2, -0.15) is 0 Å². The lowest BCUT2D eigenvalue weighted by Crippen LogP contribution is -1.93. The third-order valence-electron chi connectivity index (χ3n) is 6.93. The molecule has 0 nitrogen and oxygen atoms in total. The molecule has 184 valence electrons. The first-order valence-electron chi connectivity index (χ1n) is 13.6. The van der Waals surface area contributed by atoms with Crippen molar-refractivity contribution in [3.05, 3.63) is 107 Å². The van der Waals surface area contributed by atoms with Gasteiger partial charge in [0, 0.05) is 16.5 Å². The molecule has 0 heterocycles. The zero-order valence-corrected chi connectivity index (χ0v) is 21.7. The first-order valence-corrected chi connectivity index (χ1v) is 13.6. The van der Waals surface area contributed by atoms with Gasteiger partial charge >= 0.3 is 0 Å². The summed E-state index contributed by atoms with van der Waals surface area (Å²) in [5.74, 6) is 6.45. The average Bonchev–Trinajstić information content (AvgIpc) is 2.92. The van der Waals surface area contributed by atoms with Crippen molar-refractivity contribution >= 4 is 10.8 Å². The lowest BCUT2D eigenvalue weighted by Gasteiger charge is -2.07. The van der Waals surface area contributed by atoms with E-state index in [4.69, 9.17) is 0 Å². The molecule has 4 rings (SSSR count). The molecule has 4 aromatic carbocycles. The van der Waals surface area contributed by atoms with Crippen molar-refractivity contribution in [2.75, 3.05) is 0 Å². The molecule has 0 aliphatic heterocycles. The fourth-order valence-electron chi connectivity index (χ4n) is 4.66. The van der Waals surface area contributed by atoms with Gasteiger partial charge in [-0.1, -0.05) is 112 Å². The van der Waals surface area contributed by atoms with Crippen LogP contribution in [0.5, 0.6) is 0 Å². The highest BCUT2D eigenvalue weighted by molar-refractivity contribution is 5.85. The van der Waals surface area contributed by atoms with E-state index in [2.05, 4.69) is 74.2 Å². The summed E-state index contributed by atoms with van der Waals surface area (Å²) in [7, 11) is 0. The quantitative estimate of drug-likeness (QED) is 0.158. The average molecular weight is 477 g/mol. The molecule has 1 heteroatoms. The number of hydrogen-bond donors (Lipinski definition) is 0. The maximum atomic E-state index is 15.0. The molecule has 0 bridgehead atoms. The predicted molar refractivity (Wildman–Crippen MR) is 153 cm³/mol. The van der Waals surface area contributed by atoms with Crippen LogP contribution in [-0.4, -0.2) is 0 Å². The molecule has 0 fully saturated rings. The number of halogens is 1. The van der Waals surface area contributed by atoms with Crippen molar-refractivity contribution in [3.8, 4) is 23.0 Å². The van der Waals surface area contributed by atoms with Gasteiger partial charge in [0.2, 0.25) is 0 Å². The van der Waals surface area contributed by atoms with Gasteiger partial charge in [0.25, 0.3) is 0 Å². The number of hydrogen-bond acceptors (Lipinski definition) is 0. The van der Waals surface area contributed by atoms with Crippen LogP contribution in [0.1, 0.15) is 81.0 Å². The van der Waals surface area contributed by atoms with Gasteiger partial charge in [0.1, 0.15) is 5.82 Å². The number of unbranched alkanes of at least 4 members (excludes halogenated alkanes) is 5. The lowest BCUT2D eigenvalue weighted by atomic mass is 9.99. The van der Waals surface area contributed by atoms with Crippen LogP contribution >= 0.6 is 0 Å². The molecule has 0 amide bonds. The van der Waals surface area contributed by atoms with E-state index in [9.17, 15) is 0 Å². The molecular weight excluding hydrogens is 439 g/mol. The monoisotopic (exact) mass is 476 g/mol. The molecule has 0 unspecified atom stereocenters. The largest absolute Gasteiger partial charge is 0.206 e. The first kappa shape index (κ1) is 25.7. The zero-order chi connectivity index (χ0) is 25.2. The van der Waals surface area contributed by atoms with Crippen molar-refractivity contribution in [1.29, 1.82) is 0 Å². The number of rotatable bonds is 10. The van der Waals surface area contributed by atoms with Crippen molar-refractivity contribution in [3.63, 3.8) is 0 Å². The summed E-state index contributed by atoms with van der Waals surface area (Å²) >= 11 is 0. The number of aryl methyl sites for hydroxylation is 2. The van der Waals surface area contributed by atoms with Gasteiger partial charge < -0.3 is 0 Å². The van der Waals surface area contributed by atoms with Gasteiger partial charge in [-0.15, -0.1) is 0 Å². The summed E-state index contributed by atoms with van der Waals surface area (Å²) in [6, 6.07) is 27.1. The Labute approximate surface area is 216 Å². The molecule has 0 aliphatic rings. The van der Waals surface area contributed by atoms with Crippen LogP contribution < -0.4 is 0 Å². The summed E-state index contributed by atoms with van der Waals surface area (Å²) in [4.78, 5) is 0. The minimum Gasteiger partial charge on any atom is -0.206 e. The van der Waals surface area contributed by atoms with Crippen LogP contribution in [0.4, 0.5) is 4.39 Å². The van der Waals surface area contributed by atoms with Crippen LogP contribution in [0.3, 0.4) is 0 Å². The molecule has 0 N–H and O–H groups in total. The summed E-state index contributed by atoms with van der Waals surface area (Å²) in [6.07, 6.45) is 10.4.